The maximum absolute atomic E-state index is 13.1. The Morgan fingerprint density at radius 2 is 1.79 bits per heavy atom. The Kier molecular flexibility index (Phi) is 6.10. The van der Waals surface area contributed by atoms with Crippen LogP contribution in [0, 0.1) is 5.82 Å². The minimum Gasteiger partial charge on any atom is -0.347 e. The summed E-state index contributed by atoms with van der Waals surface area (Å²) in [6, 6.07) is 23.5. The molecule has 1 aliphatic heterocycles. The quantitative estimate of drug-likeness (QED) is 0.356. The lowest BCUT2D eigenvalue weighted by atomic mass is 9.93. The molecule has 3 aromatic carbocycles. The van der Waals surface area contributed by atoms with Gasteiger partial charge in [0.2, 0.25) is 5.95 Å². The molecule has 170 valence electrons. The number of carbonyl (C=O) groups is 1. The van der Waals surface area contributed by atoms with Crippen LogP contribution in [0.3, 0.4) is 0 Å². The van der Waals surface area contributed by atoms with E-state index in [4.69, 9.17) is 11.6 Å². The van der Waals surface area contributed by atoms with Crippen molar-refractivity contribution in [3.05, 3.63) is 112 Å². The highest BCUT2D eigenvalue weighted by Gasteiger charge is 2.32. The molecule has 4 aromatic rings. The monoisotopic (exact) mass is 473 g/mol. The Labute approximate surface area is 201 Å². The highest BCUT2D eigenvalue weighted by atomic mass is 35.5. The van der Waals surface area contributed by atoms with Crippen molar-refractivity contribution in [1.29, 1.82) is 0 Å². The van der Waals surface area contributed by atoms with Crippen LogP contribution >= 0.6 is 11.6 Å². The summed E-state index contributed by atoms with van der Waals surface area (Å²) in [7, 11) is 0. The summed E-state index contributed by atoms with van der Waals surface area (Å²) in [5.74, 6) is 0.00908. The van der Waals surface area contributed by atoms with Crippen molar-refractivity contribution in [3.8, 4) is 0 Å². The summed E-state index contributed by atoms with van der Waals surface area (Å²) >= 11 is 6.53. The number of amides is 1. The molecule has 0 radical (unpaired) electrons. The van der Waals surface area contributed by atoms with Crippen molar-refractivity contribution < 1.29 is 9.18 Å². The van der Waals surface area contributed by atoms with E-state index in [0.717, 1.165) is 11.1 Å². The lowest BCUT2D eigenvalue weighted by molar-refractivity contribution is -0.111. The molecule has 1 aliphatic rings. The summed E-state index contributed by atoms with van der Waals surface area (Å²) in [4.78, 5) is 17.0. The van der Waals surface area contributed by atoms with Gasteiger partial charge in [0.1, 0.15) is 5.82 Å². The van der Waals surface area contributed by atoms with Gasteiger partial charge < -0.3 is 5.32 Å². The molecule has 0 spiro atoms. The molecule has 8 heteroatoms. The Bertz CT molecular complexity index is 1340. The molecule has 1 amide bonds. The first-order valence-corrected chi connectivity index (χ1v) is 11.2. The number of fused-ring (bicyclic) bond motifs is 1. The van der Waals surface area contributed by atoms with Crippen LogP contribution in [-0.4, -0.2) is 20.7 Å². The predicted octanol–water partition coefficient (Wildman–Crippen LogP) is 5.87. The molecule has 1 aromatic heterocycles. The van der Waals surface area contributed by atoms with E-state index in [1.165, 1.54) is 18.2 Å². The van der Waals surface area contributed by atoms with Crippen LogP contribution in [0.5, 0.6) is 0 Å². The second kappa shape index (κ2) is 9.49. The third-order valence-electron chi connectivity index (χ3n) is 5.69. The average molecular weight is 474 g/mol. The summed E-state index contributed by atoms with van der Waals surface area (Å²) in [6.45, 7) is 0. The first-order valence-electron chi connectivity index (χ1n) is 10.8. The maximum Gasteiger partial charge on any atom is 0.250 e. The van der Waals surface area contributed by atoms with Gasteiger partial charge in [0.15, 0.2) is 0 Å². The van der Waals surface area contributed by atoms with Gasteiger partial charge in [-0.1, -0.05) is 72.3 Å². The van der Waals surface area contributed by atoms with Crippen LogP contribution in [0.15, 0.2) is 84.9 Å². The number of rotatable bonds is 5. The molecule has 34 heavy (non-hydrogen) atoms. The molecule has 2 heterocycles. The summed E-state index contributed by atoms with van der Waals surface area (Å²) in [6.07, 6.45) is 3.67. The number of benzene rings is 3. The highest BCUT2D eigenvalue weighted by molar-refractivity contribution is 6.31. The molecule has 0 bridgehead atoms. The topological polar surface area (TPSA) is 71.8 Å². The van der Waals surface area contributed by atoms with E-state index in [0.29, 0.717) is 23.0 Å². The molecular formula is C26H21ClFN5O. The van der Waals surface area contributed by atoms with Crippen molar-refractivity contribution >= 4 is 35.5 Å². The number of anilines is 2. The van der Waals surface area contributed by atoms with Crippen molar-refractivity contribution in [3.63, 3.8) is 0 Å². The molecule has 5 rings (SSSR count). The highest BCUT2D eigenvalue weighted by Crippen LogP contribution is 2.40. The van der Waals surface area contributed by atoms with Crippen molar-refractivity contribution in [2.24, 2.45) is 0 Å². The predicted molar refractivity (Wildman–Crippen MR) is 131 cm³/mol. The summed E-state index contributed by atoms with van der Waals surface area (Å²) < 4.78 is 14.8. The number of aromatic nitrogens is 3. The zero-order valence-corrected chi connectivity index (χ0v) is 18.8. The van der Waals surface area contributed by atoms with Crippen LogP contribution in [0.1, 0.15) is 35.2 Å². The van der Waals surface area contributed by atoms with E-state index in [2.05, 4.69) is 32.8 Å². The average Bonchev–Trinajstić information content (AvgIpc) is 3.26. The Balaban J connectivity index is 1.42. The number of carbonyl (C=O) groups excluding carboxylic acids is 1. The van der Waals surface area contributed by atoms with Crippen LogP contribution in [0.4, 0.5) is 16.3 Å². The van der Waals surface area contributed by atoms with Gasteiger partial charge in [0.25, 0.3) is 11.9 Å². The standard InChI is InChI=1S/C26H21ClFN5O/c27-21-9-5-4-8-20(21)23-16-22(18-6-2-1-3-7-18)29-26-31-25(32-33(23)26)30-24(34)15-12-17-10-13-19(28)14-11-17/h1-15,22-23H,16H2,(H2,29,30,31,32,34)/b15-12+/t22-,23+/m1/s1. The Morgan fingerprint density at radius 1 is 1.06 bits per heavy atom. The SMILES string of the molecule is O=C(/C=C/c1ccc(F)cc1)Nc1nc2n(n1)[C@H](c1ccccc1Cl)C[C@H](c1ccccc1)N2. The number of halogens is 2. The van der Waals surface area contributed by atoms with Gasteiger partial charge in [0, 0.05) is 11.1 Å². The lowest BCUT2D eigenvalue weighted by Gasteiger charge is -2.32. The van der Waals surface area contributed by atoms with Crippen molar-refractivity contribution in [1.82, 2.24) is 14.8 Å². The number of hydrogen-bond acceptors (Lipinski definition) is 4. The van der Waals surface area contributed by atoms with Crippen LogP contribution < -0.4 is 10.6 Å². The normalized spacial score (nSPS) is 17.2. The third kappa shape index (κ3) is 4.70. The molecular weight excluding hydrogens is 453 g/mol. The molecule has 0 saturated carbocycles. The smallest absolute Gasteiger partial charge is 0.250 e. The minimum absolute atomic E-state index is 0.00102. The summed E-state index contributed by atoms with van der Waals surface area (Å²) in [5.41, 5.74) is 2.77. The fourth-order valence-electron chi connectivity index (χ4n) is 4.04. The van der Waals surface area contributed by atoms with E-state index >= 15 is 0 Å². The van der Waals surface area contributed by atoms with E-state index in [-0.39, 0.29) is 29.8 Å². The largest absolute Gasteiger partial charge is 0.347 e. The molecule has 0 saturated heterocycles. The first-order chi connectivity index (χ1) is 16.6. The molecule has 2 atom stereocenters. The van der Waals surface area contributed by atoms with Gasteiger partial charge in [-0.25, -0.2) is 9.07 Å². The zero-order chi connectivity index (χ0) is 23.5. The van der Waals surface area contributed by atoms with Crippen molar-refractivity contribution in [2.45, 2.75) is 18.5 Å². The van der Waals surface area contributed by atoms with Gasteiger partial charge in [-0.3, -0.25) is 10.1 Å². The molecule has 2 N–H and O–H groups in total. The number of nitrogens with zero attached hydrogens (tertiary/aromatic N) is 3. The van der Waals surface area contributed by atoms with Gasteiger partial charge in [-0.05, 0) is 47.4 Å². The van der Waals surface area contributed by atoms with Crippen molar-refractivity contribution in [2.75, 3.05) is 10.6 Å². The molecule has 0 unspecified atom stereocenters. The van der Waals surface area contributed by atoms with Gasteiger partial charge in [-0.2, -0.15) is 4.98 Å². The second-order valence-electron chi connectivity index (χ2n) is 7.96. The molecule has 0 aliphatic carbocycles. The fraction of sp³-hybridized carbons (Fsp3) is 0.115. The number of hydrogen-bond donors (Lipinski definition) is 2. The number of nitrogens with one attached hydrogen (secondary N) is 2. The zero-order valence-electron chi connectivity index (χ0n) is 18.0. The van der Waals surface area contributed by atoms with Gasteiger partial charge >= 0.3 is 0 Å². The maximum atomic E-state index is 13.1. The summed E-state index contributed by atoms with van der Waals surface area (Å²) in [5, 5.41) is 11.3. The Hall–Kier alpha value is -3.97. The van der Waals surface area contributed by atoms with E-state index in [1.807, 2.05) is 42.5 Å². The third-order valence-corrected chi connectivity index (χ3v) is 6.03. The van der Waals surface area contributed by atoms with Crippen LogP contribution in [0.2, 0.25) is 5.02 Å². The first kappa shape index (κ1) is 21.9. The van der Waals surface area contributed by atoms with E-state index in [1.54, 1.807) is 22.9 Å². The molecule has 0 fully saturated rings. The second-order valence-corrected chi connectivity index (χ2v) is 8.37. The fourth-order valence-corrected chi connectivity index (χ4v) is 4.30. The van der Waals surface area contributed by atoms with Crippen LogP contribution in [-0.2, 0) is 4.79 Å². The minimum atomic E-state index is -0.388. The molecule has 6 nitrogen and oxygen atoms in total. The van der Waals surface area contributed by atoms with Gasteiger partial charge in [0.05, 0.1) is 12.1 Å². The van der Waals surface area contributed by atoms with E-state index in [9.17, 15) is 9.18 Å². The van der Waals surface area contributed by atoms with Crippen LogP contribution in [0.25, 0.3) is 6.08 Å². The van der Waals surface area contributed by atoms with Gasteiger partial charge in [-0.15, -0.1) is 5.10 Å². The lowest BCUT2D eigenvalue weighted by Crippen LogP contribution is -2.28. The Morgan fingerprint density at radius 3 is 2.56 bits per heavy atom. The van der Waals surface area contributed by atoms with E-state index < -0.39 is 0 Å².